The van der Waals surface area contributed by atoms with Gasteiger partial charge in [0.25, 0.3) is 0 Å². The number of carbonyl (C=O) groups is 2. The molecule has 6 nitrogen and oxygen atoms in total. The highest BCUT2D eigenvalue weighted by atomic mass is 32.2. The lowest BCUT2D eigenvalue weighted by molar-refractivity contribution is -0.160. The second kappa shape index (κ2) is 6.34. The number of ether oxygens (including phenoxy) is 1. The van der Waals surface area contributed by atoms with Gasteiger partial charge in [-0.1, -0.05) is 12.1 Å². The highest BCUT2D eigenvalue weighted by Gasteiger charge is 2.54. The van der Waals surface area contributed by atoms with Gasteiger partial charge < -0.3 is 9.30 Å². The fourth-order valence-corrected chi connectivity index (χ4v) is 4.09. The van der Waals surface area contributed by atoms with Crippen molar-refractivity contribution >= 4 is 21.6 Å². The van der Waals surface area contributed by atoms with Crippen molar-refractivity contribution in [3.63, 3.8) is 0 Å². The van der Waals surface area contributed by atoms with E-state index >= 15 is 0 Å². The summed E-state index contributed by atoms with van der Waals surface area (Å²) in [6.45, 7) is 5.77. The Morgan fingerprint density at radius 2 is 1.85 bits per heavy atom. The van der Waals surface area contributed by atoms with Gasteiger partial charge in [-0.15, -0.1) is 0 Å². The van der Waals surface area contributed by atoms with Crippen LogP contribution in [0.5, 0.6) is 0 Å². The van der Waals surface area contributed by atoms with Crippen LogP contribution in [0.25, 0.3) is 0 Å². The summed E-state index contributed by atoms with van der Waals surface area (Å²) < 4.78 is 31.2. The number of esters is 1. The van der Waals surface area contributed by atoms with Gasteiger partial charge in [0, 0.05) is 30.3 Å². The molecule has 1 atom stereocenters. The zero-order chi connectivity index (χ0) is 20.0. The van der Waals surface area contributed by atoms with Gasteiger partial charge in [-0.25, -0.2) is 8.42 Å². The summed E-state index contributed by atoms with van der Waals surface area (Å²) in [4.78, 5) is 26.7. The molecular formula is C20H23NO5S. The molecule has 2 aromatic rings. The van der Waals surface area contributed by atoms with E-state index in [-0.39, 0.29) is 16.9 Å². The molecule has 7 heteroatoms. The standard InChI is InChI=1S/C20H23NO5S/c1-19(2,3)26-18(23)20(10-12-21-11-6-9-16(20)21)17(22)14-7-5-8-15(13-14)27(4,24)25/h5-9,11,13H,10,12H2,1-4H3. The average Bonchev–Trinajstić information content (AvgIpc) is 3.14. The molecule has 1 aliphatic heterocycles. The predicted octanol–water partition coefficient (Wildman–Crippen LogP) is 2.76. The molecule has 144 valence electrons. The maximum atomic E-state index is 13.5. The second-order valence-electron chi connectivity index (χ2n) is 7.87. The fraction of sp³-hybridized carbons (Fsp3) is 0.400. The smallest absolute Gasteiger partial charge is 0.326 e. The van der Waals surface area contributed by atoms with Crippen molar-refractivity contribution in [1.82, 2.24) is 4.57 Å². The normalized spacial score (nSPS) is 19.6. The van der Waals surface area contributed by atoms with Gasteiger partial charge in [0.2, 0.25) is 0 Å². The summed E-state index contributed by atoms with van der Waals surface area (Å²) in [5, 5.41) is 0. The van der Waals surface area contributed by atoms with Crippen molar-refractivity contribution in [3.05, 3.63) is 53.9 Å². The number of ketones is 1. The summed E-state index contributed by atoms with van der Waals surface area (Å²) in [5.74, 6) is -1.05. The van der Waals surface area contributed by atoms with Gasteiger partial charge in [0.1, 0.15) is 5.60 Å². The quantitative estimate of drug-likeness (QED) is 0.456. The van der Waals surface area contributed by atoms with Crippen LogP contribution in [0.3, 0.4) is 0 Å². The molecule has 3 rings (SSSR count). The Morgan fingerprint density at radius 1 is 1.15 bits per heavy atom. The number of hydrogen-bond donors (Lipinski definition) is 0. The predicted molar refractivity (Wildman–Crippen MR) is 100 cm³/mol. The summed E-state index contributed by atoms with van der Waals surface area (Å²) in [6, 6.07) is 9.34. The SMILES string of the molecule is CC(C)(C)OC(=O)C1(C(=O)c2cccc(S(C)(=O)=O)c2)CCn2cccc21. The third-order valence-electron chi connectivity index (χ3n) is 4.65. The number of aromatic nitrogens is 1. The van der Waals surface area contributed by atoms with Gasteiger partial charge in [0.15, 0.2) is 21.0 Å². The topological polar surface area (TPSA) is 82.4 Å². The van der Waals surface area contributed by atoms with E-state index in [4.69, 9.17) is 4.74 Å². The van der Waals surface area contributed by atoms with E-state index in [0.29, 0.717) is 12.2 Å². The number of sulfone groups is 1. The Hall–Kier alpha value is -2.41. The van der Waals surface area contributed by atoms with Crippen molar-refractivity contribution in [2.24, 2.45) is 0 Å². The van der Waals surface area contributed by atoms with Crippen molar-refractivity contribution in [2.45, 2.75) is 49.6 Å². The number of hydrogen-bond acceptors (Lipinski definition) is 5. The molecular weight excluding hydrogens is 366 g/mol. The van der Waals surface area contributed by atoms with Crippen LogP contribution < -0.4 is 0 Å². The number of fused-ring (bicyclic) bond motifs is 1. The lowest BCUT2D eigenvalue weighted by Crippen LogP contribution is -2.46. The first-order chi connectivity index (χ1) is 12.4. The van der Waals surface area contributed by atoms with Gasteiger partial charge in [-0.3, -0.25) is 9.59 Å². The summed E-state index contributed by atoms with van der Waals surface area (Å²) >= 11 is 0. The molecule has 1 aromatic heterocycles. The van der Waals surface area contributed by atoms with E-state index < -0.39 is 32.6 Å². The third-order valence-corrected chi connectivity index (χ3v) is 5.76. The highest BCUT2D eigenvalue weighted by molar-refractivity contribution is 7.90. The molecule has 0 spiro atoms. The second-order valence-corrected chi connectivity index (χ2v) is 9.89. The van der Waals surface area contributed by atoms with Crippen LogP contribution in [-0.4, -0.2) is 36.6 Å². The molecule has 0 amide bonds. The summed E-state index contributed by atoms with van der Waals surface area (Å²) in [5.41, 5.74) is -1.48. The van der Waals surface area contributed by atoms with Crippen molar-refractivity contribution in [3.8, 4) is 0 Å². The van der Waals surface area contributed by atoms with E-state index in [1.54, 1.807) is 32.9 Å². The average molecular weight is 389 g/mol. The molecule has 0 N–H and O–H groups in total. The number of carbonyl (C=O) groups excluding carboxylic acids is 2. The van der Waals surface area contributed by atoms with E-state index in [9.17, 15) is 18.0 Å². The Labute approximate surface area is 159 Å². The minimum atomic E-state index is -3.47. The molecule has 1 unspecified atom stereocenters. The van der Waals surface area contributed by atoms with Crippen LogP contribution >= 0.6 is 0 Å². The zero-order valence-electron chi connectivity index (χ0n) is 15.9. The number of nitrogens with zero attached hydrogens (tertiary/aromatic N) is 1. The molecule has 0 radical (unpaired) electrons. The lowest BCUT2D eigenvalue weighted by Gasteiger charge is -2.30. The molecule has 0 saturated carbocycles. The molecule has 1 aromatic carbocycles. The molecule has 0 fully saturated rings. The monoisotopic (exact) mass is 389 g/mol. The van der Waals surface area contributed by atoms with E-state index in [2.05, 4.69) is 0 Å². The number of rotatable bonds is 4. The third kappa shape index (κ3) is 3.43. The fourth-order valence-electron chi connectivity index (χ4n) is 3.42. The first kappa shape index (κ1) is 19.4. The van der Waals surface area contributed by atoms with Gasteiger partial charge in [-0.05, 0) is 51.5 Å². The van der Waals surface area contributed by atoms with Gasteiger partial charge >= 0.3 is 5.97 Å². The Morgan fingerprint density at radius 3 is 2.48 bits per heavy atom. The van der Waals surface area contributed by atoms with E-state index in [1.165, 1.54) is 24.3 Å². The van der Waals surface area contributed by atoms with Gasteiger partial charge in [-0.2, -0.15) is 0 Å². The Kier molecular flexibility index (Phi) is 4.54. The zero-order valence-corrected chi connectivity index (χ0v) is 16.7. The Balaban J connectivity index is 2.13. The van der Waals surface area contributed by atoms with Crippen LogP contribution in [-0.2, 0) is 31.3 Å². The highest BCUT2D eigenvalue weighted by Crippen LogP contribution is 2.40. The summed E-state index contributed by atoms with van der Waals surface area (Å²) in [6.07, 6.45) is 3.18. The van der Waals surface area contributed by atoms with Crippen molar-refractivity contribution in [1.29, 1.82) is 0 Å². The molecule has 1 aliphatic rings. The molecule has 0 saturated heterocycles. The van der Waals surface area contributed by atoms with Crippen molar-refractivity contribution in [2.75, 3.05) is 6.26 Å². The van der Waals surface area contributed by atoms with Crippen LogP contribution in [0.1, 0.15) is 43.2 Å². The van der Waals surface area contributed by atoms with Crippen molar-refractivity contribution < 1.29 is 22.7 Å². The van der Waals surface area contributed by atoms with Crippen LogP contribution in [0.2, 0.25) is 0 Å². The number of Topliss-reactive ketones (excluding diaryl/α,β-unsaturated/α-hetero) is 1. The van der Waals surface area contributed by atoms with Gasteiger partial charge in [0.05, 0.1) is 4.90 Å². The molecule has 0 bridgehead atoms. The number of benzene rings is 1. The minimum absolute atomic E-state index is 0.0427. The molecule has 0 aliphatic carbocycles. The van der Waals surface area contributed by atoms with Crippen LogP contribution in [0, 0.1) is 0 Å². The maximum absolute atomic E-state index is 13.5. The van der Waals surface area contributed by atoms with E-state index in [0.717, 1.165) is 6.26 Å². The first-order valence-corrected chi connectivity index (χ1v) is 10.6. The Bertz CT molecular complexity index is 1010. The maximum Gasteiger partial charge on any atom is 0.326 e. The lowest BCUT2D eigenvalue weighted by atomic mass is 9.76. The first-order valence-electron chi connectivity index (χ1n) is 8.69. The molecule has 2 heterocycles. The number of aryl methyl sites for hydroxylation is 1. The summed E-state index contributed by atoms with van der Waals surface area (Å²) in [7, 11) is -3.47. The van der Waals surface area contributed by atoms with Crippen LogP contribution in [0.15, 0.2) is 47.5 Å². The largest absolute Gasteiger partial charge is 0.459 e. The molecule has 27 heavy (non-hydrogen) atoms. The minimum Gasteiger partial charge on any atom is -0.459 e. The van der Waals surface area contributed by atoms with E-state index in [1.807, 2.05) is 10.8 Å². The van der Waals surface area contributed by atoms with Crippen LogP contribution in [0.4, 0.5) is 0 Å².